The average Bonchev–Trinajstić information content (AvgIpc) is 3.23. The number of oxazole rings is 1. The molecule has 3 aliphatic rings. The lowest BCUT2D eigenvalue weighted by Gasteiger charge is -2.62. The number of anilines is 1. The second-order valence-corrected chi connectivity index (χ2v) is 8.49. The van der Waals surface area contributed by atoms with Gasteiger partial charge in [0.2, 0.25) is 0 Å². The van der Waals surface area contributed by atoms with Crippen LogP contribution in [-0.2, 0) is 0 Å². The SMILES string of the molecule is CC(C)(C)C12CC(CN(c3nc4c(O)ccc(-n5cccn5)c4o3)C1)N2. The maximum Gasteiger partial charge on any atom is 0.298 e. The van der Waals surface area contributed by atoms with Crippen molar-refractivity contribution in [3.63, 3.8) is 0 Å². The molecule has 2 atom stereocenters. The number of aromatic hydroxyl groups is 1. The van der Waals surface area contributed by atoms with Crippen LogP contribution >= 0.6 is 0 Å². The lowest BCUT2D eigenvalue weighted by Crippen LogP contribution is -2.80. The number of phenols is 1. The summed E-state index contributed by atoms with van der Waals surface area (Å²) in [5.74, 6) is 0.122. The fourth-order valence-corrected chi connectivity index (χ4v) is 4.27. The van der Waals surface area contributed by atoms with E-state index >= 15 is 0 Å². The number of nitrogens with zero attached hydrogens (tertiary/aromatic N) is 4. The molecule has 1 aromatic carbocycles. The Labute approximate surface area is 151 Å². The molecule has 3 saturated heterocycles. The molecule has 5 heterocycles. The molecule has 0 aliphatic carbocycles. The predicted molar refractivity (Wildman–Crippen MR) is 98.7 cm³/mol. The quantitative estimate of drug-likeness (QED) is 0.737. The molecule has 0 saturated carbocycles. The van der Waals surface area contributed by atoms with Crippen molar-refractivity contribution in [2.24, 2.45) is 5.41 Å². The highest BCUT2D eigenvalue weighted by atomic mass is 16.4. The number of piperazine rings is 1. The molecule has 136 valence electrons. The van der Waals surface area contributed by atoms with Gasteiger partial charge in [-0.2, -0.15) is 10.1 Å². The third-order valence-corrected chi connectivity index (χ3v) is 5.92. The van der Waals surface area contributed by atoms with Crippen LogP contribution in [0.2, 0.25) is 0 Å². The molecule has 6 rings (SSSR count). The second-order valence-electron chi connectivity index (χ2n) is 8.49. The van der Waals surface area contributed by atoms with Crippen LogP contribution in [0.5, 0.6) is 5.75 Å². The minimum atomic E-state index is 0.0728. The van der Waals surface area contributed by atoms with E-state index in [-0.39, 0.29) is 16.7 Å². The molecular formula is C19H23N5O2. The summed E-state index contributed by atoms with van der Waals surface area (Å²) >= 11 is 0. The summed E-state index contributed by atoms with van der Waals surface area (Å²) in [4.78, 5) is 6.81. The van der Waals surface area contributed by atoms with E-state index in [1.165, 1.54) is 6.42 Å². The van der Waals surface area contributed by atoms with Gasteiger partial charge in [0.15, 0.2) is 11.1 Å². The zero-order valence-electron chi connectivity index (χ0n) is 15.2. The van der Waals surface area contributed by atoms with Crippen LogP contribution in [0.3, 0.4) is 0 Å². The van der Waals surface area contributed by atoms with E-state index < -0.39 is 0 Å². The summed E-state index contributed by atoms with van der Waals surface area (Å²) in [7, 11) is 0. The highest BCUT2D eigenvalue weighted by molar-refractivity contribution is 5.88. The molecule has 0 radical (unpaired) electrons. The molecule has 2 aromatic heterocycles. The Balaban J connectivity index is 1.57. The number of phenolic OH excluding ortho intramolecular Hbond substituents is 1. The number of benzene rings is 1. The summed E-state index contributed by atoms with van der Waals surface area (Å²) in [6.07, 6.45) is 4.74. The van der Waals surface area contributed by atoms with Crippen molar-refractivity contribution in [1.29, 1.82) is 0 Å². The maximum atomic E-state index is 10.3. The van der Waals surface area contributed by atoms with E-state index in [1.54, 1.807) is 23.0 Å². The first-order valence-electron chi connectivity index (χ1n) is 9.01. The largest absolute Gasteiger partial charge is 0.506 e. The summed E-state index contributed by atoms with van der Waals surface area (Å²) in [5.41, 5.74) is 2.03. The van der Waals surface area contributed by atoms with Gasteiger partial charge in [0.1, 0.15) is 11.4 Å². The lowest BCUT2D eigenvalue weighted by atomic mass is 9.62. The number of nitrogens with one attached hydrogen (secondary N) is 1. The molecule has 3 aromatic rings. The number of piperidine rings is 1. The lowest BCUT2D eigenvalue weighted by molar-refractivity contribution is 0.00504. The number of fused-ring (bicyclic) bond motifs is 3. The molecule has 2 N–H and O–H groups in total. The van der Waals surface area contributed by atoms with Crippen LogP contribution in [0.15, 0.2) is 35.0 Å². The van der Waals surface area contributed by atoms with E-state index in [2.05, 4.69) is 41.1 Å². The summed E-state index contributed by atoms with van der Waals surface area (Å²) < 4.78 is 7.86. The summed E-state index contributed by atoms with van der Waals surface area (Å²) in [6, 6.07) is 6.31. The zero-order chi connectivity index (χ0) is 18.1. The molecular weight excluding hydrogens is 330 g/mol. The van der Waals surface area contributed by atoms with Gasteiger partial charge >= 0.3 is 0 Å². The Hall–Kier alpha value is -2.54. The minimum Gasteiger partial charge on any atom is -0.506 e. The molecule has 7 heteroatoms. The predicted octanol–water partition coefficient (Wildman–Crippen LogP) is 2.69. The molecule has 26 heavy (non-hydrogen) atoms. The van der Waals surface area contributed by atoms with E-state index in [1.807, 2.05) is 12.3 Å². The fraction of sp³-hybridized carbons (Fsp3) is 0.474. The van der Waals surface area contributed by atoms with Gasteiger partial charge in [0, 0.05) is 37.1 Å². The third-order valence-electron chi connectivity index (χ3n) is 5.92. The Morgan fingerprint density at radius 2 is 2.15 bits per heavy atom. The van der Waals surface area contributed by atoms with Gasteiger partial charge in [-0.05, 0) is 30.0 Å². The van der Waals surface area contributed by atoms with Crippen molar-refractivity contribution >= 4 is 17.1 Å². The standard InChI is InChI=1S/C19H23N5O2/c1-18(2,3)19-9-12(22-19)10-23(11-19)17-21-15-14(25)6-5-13(16(15)26-17)24-8-4-7-20-24/h4-8,12,22,25H,9-11H2,1-3H3. The summed E-state index contributed by atoms with van der Waals surface area (Å²) in [5, 5.41) is 18.3. The van der Waals surface area contributed by atoms with Gasteiger partial charge in [-0.1, -0.05) is 20.8 Å². The zero-order valence-corrected chi connectivity index (χ0v) is 15.2. The maximum absolute atomic E-state index is 10.3. The van der Waals surface area contributed by atoms with Gasteiger partial charge in [-0.25, -0.2) is 4.68 Å². The van der Waals surface area contributed by atoms with E-state index in [4.69, 9.17) is 4.42 Å². The Kier molecular flexibility index (Phi) is 3.02. The number of rotatable bonds is 2. The first kappa shape index (κ1) is 15.7. The molecule has 2 unspecified atom stereocenters. The number of hydrogen-bond donors (Lipinski definition) is 2. The van der Waals surface area contributed by atoms with Gasteiger partial charge < -0.3 is 19.7 Å². The minimum absolute atomic E-state index is 0.0728. The van der Waals surface area contributed by atoms with Crippen molar-refractivity contribution in [2.75, 3.05) is 18.0 Å². The van der Waals surface area contributed by atoms with Gasteiger partial charge in [-0.15, -0.1) is 0 Å². The molecule has 0 amide bonds. The molecule has 2 bridgehead atoms. The third kappa shape index (κ3) is 2.10. The van der Waals surface area contributed by atoms with Gasteiger partial charge in [-0.3, -0.25) is 0 Å². The summed E-state index contributed by atoms with van der Waals surface area (Å²) in [6.45, 7) is 8.52. The normalized spacial score (nSPS) is 25.5. The van der Waals surface area contributed by atoms with Gasteiger partial charge in [0.25, 0.3) is 6.01 Å². The van der Waals surface area contributed by atoms with E-state index in [0.717, 1.165) is 18.8 Å². The molecule has 7 nitrogen and oxygen atoms in total. The van der Waals surface area contributed by atoms with Crippen molar-refractivity contribution in [1.82, 2.24) is 20.1 Å². The van der Waals surface area contributed by atoms with Crippen molar-refractivity contribution in [3.05, 3.63) is 30.6 Å². The van der Waals surface area contributed by atoms with Crippen molar-refractivity contribution in [3.8, 4) is 11.4 Å². The topological polar surface area (TPSA) is 79.3 Å². The molecule has 3 fully saturated rings. The van der Waals surface area contributed by atoms with Crippen LogP contribution in [0.4, 0.5) is 6.01 Å². The van der Waals surface area contributed by atoms with Crippen LogP contribution in [-0.4, -0.2) is 44.5 Å². The molecule has 3 aliphatic heterocycles. The van der Waals surface area contributed by atoms with Crippen molar-refractivity contribution < 1.29 is 9.52 Å². The van der Waals surface area contributed by atoms with Gasteiger partial charge in [0.05, 0.1) is 0 Å². The number of hydrogen-bond acceptors (Lipinski definition) is 6. The molecule has 0 spiro atoms. The van der Waals surface area contributed by atoms with Crippen molar-refractivity contribution in [2.45, 2.75) is 38.8 Å². The Morgan fingerprint density at radius 1 is 1.35 bits per heavy atom. The Bertz CT molecular complexity index is 964. The first-order chi connectivity index (χ1) is 12.4. The Morgan fingerprint density at radius 3 is 2.85 bits per heavy atom. The van der Waals surface area contributed by atoms with E-state index in [9.17, 15) is 5.11 Å². The van der Waals surface area contributed by atoms with E-state index in [0.29, 0.717) is 23.2 Å². The van der Waals surface area contributed by atoms with Crippen LogP contribution in [0.25, 0.3) is 16.8 Å². The second kappa shape index (κ2) is 5.01. The highest BCUT2D eigenvalue weighted by Gasteiger charge is 2.56. The first-order valence-corrected chi connectivity index (χ1v) is 9.01. The number of aromatic nitrogens is 3. The van der Waals surface area contributed by atoms with Crippen LogP contribution in [0, 0.1) is 5.41 Å². The highest BCUT2D eigenvalue weighted by Crippen LogP contribution is 2.46. The monoisotopic (exact) mass is 353 g/mol. The van der Waals surface area contributed by atoms with Crippen LogP contribution in [0.1, 0.15) is 27.2 Å². The average molecular weight is 353 g/mol. The smallest absolute Gasteiger partial charge is 0.298 e. The fourth-order valence-electron chi connectivity index (χ4n) is 4.27. The van der Waals surface area contributed by atoms with Crippen LogP contribution < -0.4 is 10.2 Å².